The van der Waals surface area contributed by atoms with Gasteiger partial charge < -0.3 is 9.80 Å². The summed E-state index contributed by atoms with van der Waals surface area (Å²) in [5, 5.41) is 0. The molecule has 2 fully saturated rings. The van der Waals surface area contributed by atoms with Crippen molar-refractivity contribution in [3.05, 3.63) is 54.1 Å². The number of hydrogen-bond donors (Lipinski definition) is 1. The van der Waals surface area contributed by atoms with Crippen LogP contribution in [0.1, 0.15) is 43.6 Å². The summed E-state index contributed by atoms with van der Waals surface area (Å²) >= 11 is 0. The number of benzene rings is 2. The van der Waals surface area contributed by atoms with E-state index in [-0.39, 0.29) is 0 Å². The molecule has 1 aliphatic carbocycles. The highest BCUT2D eigenvalue weighted by atomic mass is 32.2. The van der Waals surface area contributed by atoms with Gasteiger partial charge in [0.2, 0.25) is 0 Å². The maximum atomic E-state index is 13.0. The van der Waals surface area contributed by atoms with E-state index in [1.54, 1.807) is 12.1 Å². The maximum absolute atomic E-state index is 13.0. The Morgan fingerprint density at radius 1 is 0.862 bits per heavy atom. The molecule has 2 aromatic carbocycles. The monoisotopic (exact) mass is 413 g/mol. The first-order valence-electron chi connectivity index (χ1n) is 10.7. The SMILES string of the molecule is CN1CCN(c2ccccc2NS(=O)(=O)c2ccc(C3CCCCC3)cc2)CC1. The summed E-state index contributed by atoms with van der Waals surface area (Å²) < 4.78 is 28.9. The standard InChI is InChI=1S/C23H31N3O2S/c1-25-15-17-26(18-16-25)23-10-6-5-9-22(23)24-29(27,28)21-13-11-20(12-14-21)19-7-3-2-4-8-19/h5-6,9-14,19,24H,2-4,7-8,15-18H2,1H3. The molecule has 4 rings (SSSR count). The van der Waals surface area contributed by atoms with Crippen molar-refractivity contribution in [2.75, 3.05) is 42.8 Å². The Morgan fingerprint density at radius 3 is 2.21 bits per heavy atom. The lowest BCUT2D eigenvalue weighted by Crippen LogP contribution is -2.44. The molecule has 29 heavy (non-hydrogen) atoms. The first-order valence-corrected chi connectivity index (χ1v) is 12.2. The number of para-hydroxylation sites is 2. The second-order valence-corrected chi connectivity index (χ2v) is 10.00. The molecule has 1 saturated carbocycles. The molecule has 0 bridgehead atoms. The minimum atomic E-state index is -3.62. The number of piperazine rings is 1. The minimum Gasteiger partial charge on any atom is -0.367 e. The van der Waals surface area contributed by atoms with Crippen LogP contribution in [0.25, 0.3) is 0 Å². The normalized spacial score (nSPS) is 19.3. The van der Waals surface area contributed by atoms with E-state index in [2.05, 4.69) is 21.6 Å². The average Bonchev–Trinajstić information content (AvgIpc) is 2.75. The second-order valence-electron chi connectivity index (χ2n) is 8.32. The number of hydrogen-bond acceptors (Lipinski definition) is 4. The van der Waals surface area contributed by atoms with Crippen LogP contribution in [-0.2, 0) is 10.0 Å². The molecule has 0 radical (unpaired) electrons. The van der Waals surface area contributed by atoms with E-state index in [1.165, 1.54) is 37.7 Å². The smallest absolute Gasteiger partial charge is 0.261 e. The van der Waals surface area contributed by atoms with E-state index in [1.807, 2.05) is 36.4 Å². The van der Waals surface area contributed by atoms with Crippen molar-refractivity contribution in [3.63, 3.8) is 0 Å². The molecule has 1 N–H and O–H groups in total. The fraction of sp³-hybridized carbons (Fsp3) is 0.478. The molecule has 156 valence electrons. The van der Waals surface area contributed by atoms with Crippen LogP contribution in [0, 0.1) is 0 Å². The zero-order valence-electron chi connectivity index (χ0n) is 17.2. The second kappa shape index (κ2) is 8.76. The summed E-state index contributed by atoms with van der Waals surface area (Å²) in [6.45, 7) is 3.74. The molecule has 0 unspecified atom stereocenters. The molecule has 0 atom stereocenters. The van der Waals surface area contributed by atoms with E-state index in [9.17, 15) is 8.42 Å². The molecule has 2 aliphatic rings. The Hall–Kier alpha value is -2.05. The van der Waals surface area contributed by atoms with Crippen molar-refractivity contribution in [2.45, 2.75) is 42.9 Å². The van der Waals surface area contributed by atoms with Gasteiger partial charge in [-0.3, -0.25) is 4.72 Å². The van der Waals surface area contributed by atoms with Crippen LogP contribution in [0.15, 0.2) is 53.4 Å². The summed E-state index contributed by atoms with van der Waals surface area (Å²) in [4.78, 5) is 4.87. The van der Waals surface area contributed by atoms with Gasteiger partial charge in [0.05, 0.1) is 16.3 Å². The van der Waals surface area contributed by atoms with Crippen molar-refractivity contribution < 1.29 is 8.42 Å². The Balaban J connectivity index is 1.51. The third-order valence-electron chi connectivity index (χ3n) is 6.26. The number of rotatable bonds is 5. The lowest BCUT2D eigenvalue weighted by molar-refractivity contribution is 0.313. The highest BCUT2D eigenvalue weighted by molar-refractivity contribution is 7.92. The van der Waals surface area contributed by atoms with Gasteiger partial charge in [0.15, 0.2) is 0 Å². The molecule has 5 nitrogen and oxygen atoms in total. The molecular weight excluding hydrogens is 382 g/mol. The molecular formula is C23H31N3O2S. The first-order chi connectivity index (χ1) is 14.0. The summed E-state index contributed by atoms with van der Waals surface area (Å²) in [6.07, 6.45) is 6.29. The van der Waals surface area contributed by atoms with Gasteiger partial charge >= 0.3 is 0 Å². The quantitative estimate of drug-likeness (QED) is 0.795. The number of nitrogens with one attached hydrogen (secondary N) is 1. The van der Waals surface area contributed by atoms with E-state index in [4.69, 9.17) is 0 Å². The van der Waals surface area contributed by atoms with Gasteiger partial charge in [-0.1, -0.05) is 43.5 Å². The third kappa shape index (κ3) is 4.75. The number of anilines is 2. The van der Waals surface area contributed by atoms with Crippen molar-refractivity contribution >= 4 is 21.4 Å². The van der Waals surface area contributed by atoms with Gasteiger partial charge in [0.1, 0.15) is 0 Å². The Kier molecular flexibility index (Phi) is 6.11. The van der Waals surface area contributed by atoms with Crippen LogP contribution in [0.4, 0.5) is 11.4 Å². The fourth-order valence-corrected chi connectivity index (χ4v) is 5.52. The van der Waals surface area contributed by atoms with E-state index in [0.29, 0.717) is 16.5 Å². The largest absolute Gasteiger partial charge is 0.367 e. The van der Waals surface area contributed by atoms with Crippen LogP contribution in [0.2, 0.25) is 0 Å². The van der Waals surface area contributed by atoms with Crippen molar-refractivity contribution in [3.8, 4) is 0 Å². The van der Waals surface area contributed by atoms with Gasteiger partial charge in [-0.15, -0.1) is 0 Å². The maximum Gasteiger partial charge on any atom is 0.261 e. The molecule has 0 amide bonds. The molecule has 6 heteroatoms. The summed E-state index contributed by atoms with van der Waals surface area (Å²) in [7, 11) is -1.51. The van der Waals surface area contributed by atoms with Gasteiger partial charge in [0, 0.05) is 26.2 Å². The van der Waals surface area contributed by atoms with Crippen LogP contribution in [-0.4, -0.2) is 46.5 Å². The van der Waals surface area contributed by atoms with Crippen LogP contribution in [0.3, 0.4) is 0 Å². The highest BCUT2D eigenvalue weighted by Gasteiger charge is 2.21. The minimum absolute atomic E-state index is 0.324. The third-order valence-corrected chi connectivity index (χ3v) is 7.64. The predicted molar refractivity (Wildman–Crippen MR) is 119 cm³/mol. The van der Waals surface area contributed by atoms with Crippen molar-refractivity contribution in [2.24, 2.45) is 0 Å². The number of likely N-dealkylation sites (N-methyl/N-ethyl adjacent to an activating group) is 1. The number of sulfonamides is 1. The fourth-order valence-electron chi connectivity index (χ4n) is 4.44. The van der Waals surface area contributed by atoms with E-state index in [0.717, 1.165) is 31.9 Å². The zero-order chi connectivity index (χ0) is 20.3. The van der Waals surface area contributed by atoms with Crippen molar-refractivity contribution in [1.29, 1.82) is 0 Å². The molecule has 2 aromatic rings. The average molecular weight is 414 g/mol. The summed E-state index contributed by atoms with van der Waals surface area (Å²) in [5.74, 6) is 0.575. The summed E-state index contributed by atoms with van der Waals surface area (Å²) in [5.41, 5.74) is 2.86. The Labute approximate surface area is 174 Å². The van der Waals surface area contributed by atoms with Crippen molar-refractivity contribution in [1.82, 2.24) is 4.90 Å². The highest BCUT2D eigenvalue weighted by Crippen LogP contribution is 2.33. The molecule has 1 aliphatic heterocycles. The lowest BCUT2D eigenvalue weighted by Gasteiger charge is -2.35. The lowest BCUT2D eigenvalue weighted by atomic mass is 9.84. The van der Waals surface area contributed by atoms with E-state index >= 15 is 0 Å². The summed E-state index contributed by atoms with van der Waals surface area (Å²) in [6, 6.07) is 15.2. The first kappa shape index (κ1) is 20.2. The molecule has 1 heterocycles. The Bertz CT molecular complexity index is 913. The molecule has 0 spiro atoms. The van der Waals surface area contributed by atoms with Crippen LogP contribution >= 0.6 is 0 Å². The molecule has 0 aromatic heterocycles. The Morgan fingerprint density at radius 2 is 1.52 bits per heavy atom. The van der Waals surface area contributed by atoms with Gasteiger partial charge in [-0.2, -0.15) is 0 Å². The topological polar surface area (TPSA) is 52.6 Å². The van der Waals surface area contributed by atoms with Gasteiger partial charge in [-0.05, 0) is 55.6 Å². The van der Waals surface area contributed by atoms with Gasteiger partial charge in [-0.25, -0.2) is 8.42 Å². The van der Waals surface area contributed by atoms with Gasteiger partial charge in [0.25, 0.3) is 10.0 Å². The molecule has 1 saturated heterocycles. The van der Waals surface area contributed by atoms with Crippen LogP contribution < -0.4 is 9.62 Å². The van der Waals surface area contributed by atoms with Crippen LogP contribution in [0.5, 0.6) is 0 Å². The number of nitrogens with zero attached hydrogens (tertiary/aromatic N) is 2. The zero-order valence-corrected chi connectivity index (χ0v) is 18.0. The van der Waals surface area contributed by atoms with E-state index < -0.39 is 10.0 Å². The predicted octanol–water partition coefficient (Wildman–Crippen LogP) is 4.29.